The van der Waals surface area contributed by atoms with E-state index in [0.29, 0.717) is 0 Å². The van der Waals surface area contributed by atoms with Crippen molar-refractivity contribution in [2.24, 2.45) is 0 Å². The van der Waals surface area contributed by atoms with Gasteiger partial charge in [-0.05, 0) is 0 Å². The molecule has 0 aliphatic carbocycles. The second-order valence-electron chi connectivity index (χ2n) is 8.10. The summed E-state index contributed by atoms with van der Waals surface area (Å²) in [5, 5.41) is 42.1. The molecule has 0 unspecified atom stereocenters. The third-order valence-corrected chi connectivity index (χ3v) is 6.01. The summed E-state index contributed by atoms with van der Waals surface area (Å²) in [6, 6.07) is 0. The molecule has 0 radical (unpaired) electrons. The lowest BCUT2D eigenvalue weighted by atomic mass is 9.97. The third kappa shape index (κ3) is 4.36. The molecule has 4 aliphatic rings. The van der Waals surface area contributed by atoms with Crippen molar-refractivity contribution >= 4 is 0 Å². The van der Waals surface area contributed by atoms with Gasteiger partial charge in [-0.25, -0.2) is 0 Å². The Morgan fingerprint density at radius 2 is 1.06 bits per heavy atom. The van der Waals surface area contributed by atoms with E-state index < -0.39 is 73.4 Å². The van der Waals surface area contributed by atoms with Crippen LogP contribution >= 0.6 is 0 Å². The Hall–Kier alpha value is -0.520. The number of fused-ring (bicyclic) bond motifs is 2. The predicted octanol–water partition coefficient (Wildman–Crippen LogP) is -2.63. The van der Waals surface area contributed by atoms with E-state index in [2.05, 4.69) is 0 Å². The zero-order chi connectivity index (χ0) is 22.6. The zero-order valence-electron chi connectivity index (χ0n) is 17.7. The third-order valence-electron chi connectivity index (χ3n) is 6.01. The molecule has 13 heteroatoms. The number of ether oxygens (including phenoxy) is 9. The summed E-state index contributed by atoms with van der Waals surface area (Å²) >= 11 is 0. The summed E-state index contributed by atoms with van der Waals surface area (Å²) in [4.78, 5) is 0. The first kappa shape index (κ1) is 23.6. The number of methoxy groups -OCH3 is 2. The van der Waals surface area contributed by atoms with Crippen molar-refractivity contribution in [3.8, 4) is 0 Å². The molecule has 4 heterocycles. The van der Waals surface area contributed by atoms with Crippen molar-refractivity contribution in [3.63, 3.8) is 0 Å². The highest BCUT2D eigenvalue weighted by molar-refractivity contribution is 4.96. The van der Waals surface area contributed by atoms with Gasteiger partial charge in [-0.2, -0.15) is 0 Å². The van der Waals surface area contributed by atoms with Gasteiger partial charge in [0.2, 0.25) is 0 Å². The molecule has 0 saturated carbocycles. The van der Waals surface area contributed by atoms with Crippen LogP contribution in [0.4, 0.5) is 0 Å². The van der Waals surface area contributed by atoms with Crippen molar-refractivity contribution in [1.29, 1.82) is 0 Å². The minimum Gasteiger partial charge on any atom is -0.387 e. The van der Waals surface area contributed by atoms with Crippen LogP contribution in [0.2, 0.25) is 0 Å². The molecule has 0 aromatic heterocycles. The first-order valence-corrected chi connectivity index (χ1v) is 10.0. The molecule has 4 rings (SSSR count). The van der Waals surface area contributed by atoms with Crippen LogP contribution in [-0.2, 0) is 42.6 Å². The quantitative estimate of drug-likeness (QED) is 0.349. The SMILES string of the molecule is CO[C@@]1(C)OC[C@H]2O[C@H](O[C@H]3O[C@@H]4CO[C@](C)(OC)O[C@H]4[C@H](O)[C@H]3O)[C@H](O)[C@@H](O)[C@@H]2O1. The molecule has 4 aliphatic heterocycles. The Balaban J connectivity index is 1.42. The molecule has 0 aromatic rings. The lowest BCUT2D eigenvalue weighted by Crippen LogP contribution is -2.68. The molecular weight excluding hydrogens is 424 g/mol. The maximum atomic E-state index is 10.5. The fourth-order valence-corrected chi connectivity index (χ4v) is 3.97. The minimum atomic E-state index is -1.54. The Bertz CT molecular complexity index is 582. The van der Waals surface area contributed by atoms with Gasteiger partial charge in [0.05, 0.1) is 13.2 Å². The molecule has 4 N–H and O–H groups in total. The van der Waals surface area contributed by atoms with E-state index in [4.69, 9.17) is 42.6 Å². The molecule has 31 heavy (non-hydrogen) atoms. The number of rotatable bonds is 4. The largest absolute Gasteiger partial charge is 0.387 e. The van der Waals surface area contributed by atoms with Gasteiger partial charge in [-0.3, -0.25) is 0 Å². The van der Waals surface area contributed by atoms with Gasteiger partial charge in [-0.15, -0.1) is 0 Å². The van der Waals surface area contributed by atoms with Crippen molar-refractivity contribution in [3.05, 3.63) is 0 Å². The summed E-state index contributed by atoms with van der Waals surface area (Å²) in [7, 11) is 2.76. The van der Waals surface area contributed by atoms with Crippen LogP contribution in [0.3, 0.4) is 0 Å². The highest BCUT2D eigenvalue weighted by Gasteiger charge is 2.56. The zero-order valence-corrected chi connectivity index (χ0v) is 17.7. The maximum Gasteiger partial charge on any atom is 0.280 e. The van der Waals surface area contributed by atoms with E-state index >= 15 is 0 Å². The molecule has 0 spiro atoms. The molecule has 4 saturated heterocycles. The molecule has 12 atom stereocenters. The second-order valence-corrected chi connectivity index (χ2v) is 8.10. The smallest absolute Gasteiger partial charge is 0.280 e. The number of hydrogen-bond acceptors (Lipinski definition) is 13. The van der Waals surface area contributed by atoms with Crippen molar-refractivity contribution in [2.75, 3.05) is 27.4 Å². The average Bonchev–Trinajstić information content (AvgIpc) is 2.76. The summed E-state index contributed by atoms with van der Waals surface area (Å²) in [5.74, 6) is -2.78. The standard InChI is InChI=1S/C18H30O13/c1-17(23-3)25-5-7-13(30-17)9(19)11(21)15(27-7)29-16-12(22)10(20)14-8(28-16)6-26-18(2,24-4)31-14/h7-16,19-22H,5-6H2,1-4H3/t7-,8-,9-,10-,11-,12-,13-,14-,15-,16-,17+,18+/m1/s1. The van der Waals surface area contributed by atoms with Gasteiger partial charge in [0.15, 0.2) is 12.6 Å². The first-order chi connectivity index (χ1) is 14.6. The monoisotopic (exact) mass is 454 g/mol. The van der Waals surface area contributed by atoms with Gasteiger partial charge in [0, 0.05) is 28.1 Å². The van der Waals surface area contributed by atoms with Crippen LogP contribution in [0.1, 0.15) is 13.8 Å². The molecule has 0 bridgehead atoms. The second kappa shape index (κ2) is 8.68. The molecule has 0 aromatic carbocycles. The van der Waals surface area contributed by atoms with E-state index in [1.54, 1.807) is 0 Å². The predicted molar refractivity (Wildman–Crippen MR) is 94.9 cm³/mol. The van der Waals surface area contributed by atoms with Gasteiger partial charge in [0.1, 0.15) is 48.8 Å². The Morgan fingerprint density at radius 1 is 0.677 bits per heavy atom. The van der Waals surface area contributed by atoms with Gasteiger partial charge in [0.25, 0.3) is 11.9 Å². The van der Waals surface area contributed by atoms with E-state index in [1.165, 1.54) is 28.1 Å². The molecule has 180 valence electrons. The fraction of sp³-hybridized carbons (Fsp3) is 1.00. The van der Waals surface area contributed by atoms with E-state index in [1.807, 2.05) is 0 Å². The number of hydrogen-bond donors (Lipinski definition) is 4. The van der Waals surface area contributed by atoms with Gasteiger partial charge in [-0.1, -0.05) is 0 Å². The first-order valence-electron chi connectivity index (χ1n) is 10.0. The minimum absolute atomic E-state index is 0.00265. The van der Waals surface area contributed by atoms with Crippen LogP contribution in [-0.4, -0.2) is 121 Å². The molecule has 4 fully saturated rings. The number of aliphatic hydroxyl groups excluding tert-OH is 4. The lowest BCUT2D eigenvalue weighted by Gasteiger charge is -2.51. The molecule has 13 nitrogen and oxygen atoms in total. The van der Waals surface area contributed by atoms with Crippen LogP contribution in [0.15, 0.2) is 0 Å². The highest BCUT2D eigenvalue weighted by atomic mass is 16.9. The Kier molecular flexibility index (Phi) is 6.62. The van der Waals surface area contributed by atoms with Crippen molar-refractivity contribution < 1.29 is 63.1 Å². The highest BCUT2D eigenvalue weighted by Crippen LogP contribution is 2.36. The van der Waals surface area contributed by atoms with Crippen LogP contribution in [0.25, 0.3) is 0 Å². The van der Waals surface area contributed by atoms with E-state index in [0.717, 1.165) is 0 Å². The fourth-order valence-electron chi connectivity index (χ4n) is 3.97. The Morgan fingerprint density at radius 3 is 1.42 bits per heavy atom. The summed E-state index contributed by atoms with van der Waals surface area (Å²) < 4.78 is 49.3. The van der Waals surface area contributed by atoms with Crippen LogP contribution in [0.5, 0.6) is 0 Å². The Labute approximate surface area is 178 Å². The topological polar surface area (TPSA) is 164 Å². The van der Waals surface area contributed by atoms with Crippen LogP contribution < -0.4 is 0 Å². The number of aliphatic hydroxyl groups is 4. The van der Waals surface area contributed by atoms with Gasteiger partial charge < -0.3 is 63.1 Å². The molecular formula is C18H30O13. The lowest BCUT2D eigenvalue weighted by molar-refractivity contribution is -0.468. The summed E-state index contributed by atoms with van der Waals surface area (Å²) in [5.41, 5.74) is 0. The van der Waals surface area contributed by atoms with Gasteiger partial charge >= 0.3 is 0 Å². The van der Waals surface area contributed by atoms with E-state index in [9.17, 15) is 20.4 Å². The van der Waals surface area contributed by atoms with E-state index in [-0.39, 0.29) is 13.2 Å². The average molecular weight is 454 g/mol. The van der Waals surface area contributed by atoms with Crippen molar-refractivity contribution in [2.45, 2.75) is 87.2 Å². The van der Waals surface area contributed by atoms with Crippen LogP contribution in [0, 0.1) is 0 Å². The summed E-state index contributed by atoms with van der Waals surface area (Å²) in [6.45, 7) is 3.05. The normalized spacial score (nSPS) is 55.4. The maximum absolute atomic E-state index is 10.5. The summed E-state index contributed by atoms with van der Waals surface area (Å²) in [6.07, 6.45) is -12.1. The van der Waals surface area contributed by atoms with Crippen molar-refractivity contribution in [1.82, 2.24) is 0 Å². The molecule has 0 amide bonds.